The fraction of sp³-hybridized carbons (Fsp3) is 0.316. The standard InChI is InChI=1S/C19H22N2O3/c1-13-10-14-6-4-5-7-17(14)21(13)12-19(22)20-16-11-15(23-2)8-9-18(16)24-3/h4-9,11,13H,10,12H2,1-3H3,(H,20,22)/t13-/m0/s1. The van der Waals surface area contributed by atoms with E-state index in [0.717, 1.165) is 12.1 Å². The number of amides is 1. The molecule has 0 saturated heterocycles. The molecule has 5 nitrogen and oxygen atoms in total. The maximum atomic E-state index is 12.5. The van der Waals surface area contributed by atoms with Crippen molar-refractivity contribution in [1.29, 1.82) is 0 Å². The second-order valence-corrected chi connectivity index (χ2v) is 5.92. The molecular weight excluding hydrogens is 304 g/mol. The van der Waals surface area contributed by atoms with Crippen LogP contribution < -0.4 is 19.7 Å². The molecule has 0 radical (unpaired) electrons. The third-order valence-corrected chi connectivity index (χ3v) is 4.34. The normalized spacial score (nSPS) is 15.8. The van der Waals surface area contributed by atoms with E-state index < -0.39 is 0 Å². The van der Waals surface area contributed by atoms with E-state index >= 15 is 0 Å². The van der Waals surface area contributed by atoms with Gasteiger partial charge in [0.05, 0.1) is 26.5 Å². The van der Waals surface area contributed by atoms with Crippen LogP contribution in [0.5, 0.6) is 11.5 Å². The Balaban J connectivity index is 1.75. The van der Waals surface area contributed by atoms with Crippen LogP contribution in [0.1, 0.15) is 12.5 Å². The number of benzene rings is 2. The molecule has 0 spiro atoms. The van der Waals surface area contributed by atoms with Gasteiger partial charge < -0.3 is 19.7 Å². The first-order chi connectivity index (χ1) is 11.6. The summed E-state index contributed by atoms with van der Waals surface area (Å²) >= 11 is 0. The lowest BCUT2D eigenvalue weighted by molar-refractivity contribution is -0.115. The van der Waals surface area contributed by atoms with E-state index in [1.165, 1.54) is 5.56 Å². The van der Waals surface area contributed by atoms with E-state index in [1.54, 1.807) is 32.4 Å². The molecule has 2 aromatic carbocycles. The smallest absolute Gasteiger partial charge is 0.244 e. The third-order valence-electron chi connectivity index (χ3n) is 4.34. The van der Waals surface area contributed by atoms with Gasteiger partial charge in [-0.1, -0.05) is 18.2 Å². The van der Waals surface area contributed by atoms with Crippen molar-refractivity contribution in [2.45, 2.75) is 19.4 Å². The highest BCUT2D eigenvalue weighted by Crippen LogP contribution is 2.32. The number of carbonyl (C=O) groups excluding carboxylic acids is 1. The molecule has 0 bridgehead atoms. The minimum atomic E-state index is -0.0786. The van der Waals surface area contributed by atoms with Crippen molar-refractivity contribution < 1.29 is 14.3 Å². The van der Waals surface area contributed by atoms with Gasteiger partial charge in [-0.3, -0.25) is 4.79 Å². The summed E-state index contributed by atoms with van der Waals surface area (Å²) in [4.78, 5) is 14.7. The van der Waals surface area contributed by atoms with Crippen molar-refractivity contribution in [3.05, 3.63) is 48.0 Å². The van der Waals surface area contributed by atoms with Crippen molar-refractivity contribution in [1.82, 2.24) is 0 Å². The zero-order valence-corrected chi connectivity index (χ0v) is 14.2. The van der Waals surface area contributed by atoms with Gasteiger partial charge in [-0.25, -0.2) is 0 Å². The van der Waals surface area contributed by atoms with E-state index in [0.29, 0.717) is 29.8 Å². The van der Waals surface area contributed by atoms with Crippen LogP contribution in [0.4, 0.5) is 11.4 Å². The number of rotatable bonds is 5. The number of nitrogens with one attached hydrogen (secondary N) is 1. The quantitative estimate of drug-likeness (QED) is 0.917. The van der Waals surface area contributed by atoms with Crippen LogP contribution in [0.3, 0.4) is 0 Å². The summed E-state index contributed by atoms with van der Waals surface area (Å²) in [6.07, 6.45) is 0.964. The largest absolute Gasteiger partial charge is 0.497 e. The van der Waals surface area contributed by atoms with Gasteiger partial charge in [0.25, 0.3) is 0 Å². The number of hydrogen-bond acceptors (Lipinski definition) is 4. The fourth-order valence-electron chi connectivity index (χ4n) is 3.13. The summed E-state index contributed by atoms with van der Waals surface area (Å²) in [7, 11) is 3.17. The number of carbonyl (C=O) groups is 1. The maximum absolute atomic E-state index is 12.5. The van der Waals surface area contributed by atoms with Gasteiger partial charge in [0, 0.05) is 17.8 Å². The Bertz CT molecular complexity index is 745. The molecule has 5 heteroatoms. The van der Waals surface area contributed by atoms with Crippen LogP contribution in [0.15, 0.2) is 42.5 Å². The predicted octanol–water partition coefficient (Wildman–Crippen LogP) is 3.09. The highest BCUT2D eigenvalue weighted by Gasteiger charge is 2.27. The van der Waals surface area contributed by atoms with Crippen LogP contribution in [0.25, 0.3) is 0 Å². The molecule has 0 aromatic heterocycles. The van der Waals surface area contributed by atoms with Gasteiger partial charge in [0.1, 0.15) is 11.5 Å². The van der Waals surface area contributed by atoms with Gasteiger partial charge in [0.15, 0.2) is 0 Å². The molecule has 0 aliphatic carbocycles. The van der Waals surface area contributed by atoms with Gasteiger partial charge in [-0.2, -0.15) is 0 Å². The zero-order valence-electron chi connectivity index (χ0n) is 14.2. The second kappa shape index (κ2) is 6.83. The Morgan fingerprint density at radius 3 is 2.75 bits per heavy atom. The summed E-state index contributed by atoms with van der Waals surface area (Å²) in [5.41, 5.74) is 3.04. The first kappa shape index (κ1) is 16.2. The molecule has 0 saturated carbocycles. The number of fused-ring (bicyclic) bond motifs is 1. The Hall–Kier alpha value is -2.69. The van der Waals surface area contributed by atoms with Crippen molar-refractivity contribution in [2.24, 2.45) is 0 Å². The van der Waals surface area contributed by atoms with Crippen molar-refractivity contribution in [3.8, 4) is 11.5 Å². The molecule has 1 amide bonds. The monoisotopic (exact) mass is 326 g/mol. The number of nitrogens with zero attached hydrogens (tertiary/aromatic N) is 1. The van der Waals surface area contributed by atoms with Gasteiger partial charge >= 0.3 is 0 Å². The Kier molecular flexibility index (Phi) is 4.60. The lowest BCUT2D eigenvalue weighted by atomic mass is 10.1. The van der Waals surface area contributed by atoms with E-state index in [2.05, 4.69) is 29.3 Å². The van der Waals surface area contributed by atoms with E-state index in [-0.39, 0.29) is 5.91 Å². The number of methoxy groups -OCH3 is 2. The average Bonchev–Trinajstić information content (AvgIpc) is 2.90. The summed E-state index contributed by atoms with van der Waals surface area (Å²) in [5, 5.41) is 2.93. The summed E-state index contributed by atoms with van der Waals surface area (Å²) in [5.74, 6) is 1.20. The van der Waals surface area contributed by atoms with Crippen molar-refractivity contribution >= 4 is 17.3 Å². The van der Waals surface area contributed by atoms with Crippen LogP contribution in [0, 0.1) is 0 Å². The summed E-state index contributed by atoms with van der Waals surface area (Å²) in [6, 6.07) is 13.9. The minimum absolute atomic E-state index is 0.0786. The maximum Gasteiger partial charge on any atom is 0.244 e. The molecular formula is C19H22N2O3. The molecule has 24 heavy (non-hydrogen) atoms. The molecule has 2 aromatic rings. The Labute approximate surface area is 142 Å². The van der Waals surface area contributed by atoms with Crippen LogP contribution in [-0.4, -0.2) is 32.7 Å². The third kappa shape index (κ3) is 3.15. The molecule has 1 N–H and O–H groups in total. The average molecular weight is 326 g/mol. The molecule has 1 aliphatic heterocycles. The Morgan fingerprint density at radius 2 is 2.00 bits per heavy atom. The SMILES string of the molecule is COc1ccc(OC)c(NC(=O)CN2c3ccccc3C[C@@H]2C)c1. The predicted molar refractivity (Wildman–Crippen MR) is 95.1 cm³/mol. The van der Waals surface area contributed by atoms with E-state index in [1.807, 2.05) is 12.1 Å². The molecule has 0 unspecified atom stereocenters. The van der Waals surface area contributed by atoms with E-state index in [9.17, 15) is 4.79 Å². The minimum Gasteiger partial charge on any atom is -0.497 e. The summed E-state index contributed by atoms with van der Waals surface area (Å²) < 4.78 is 10.5. The van der Waals surface area contributed by atoms with Crippen molar-refractivity contribution in [3.63, 3.8) is 0 Å². The molecule has 1 aliphatic rings. The number of para-hydroxylation sites is 1. The second-order valence-electron chi connectivity index (χ2n) is 5.92. The first-order valence-corrected chi connectivity index (χ1v) is 7.98. The van der Waals surface area contributed by atoms with Crippen LogP contribution >= 0.6 is 0 Å². The van der Waals surface area contributed by atoms with Crippen LogP contribution in [-0.2, 0) is 11.2 Å². The van der Waals surface area contributed by atoms with Crippen molar-refractivity contribution in [2.75, 3.05) is 31.0 Å². The highest BCUT2D eigenvalue weighted by atomic mass is 16.5. The lowest BCUT2D eigenvalue weighted by Crippen LogP contribution is -2.37. The lowest BCUT2D eigenvalue weighted by Gasteiger charge is -2.24. The number of hydrogen-bond donors (Lipinski definition) is 1. The van der Waals surface area contributed by atoms with Gasteiger partial charge in [0.2, 0.25) is 5.91 Å². The fourth-order valence-corrected chi connectivity index (χ4v) is 3.13. The molecule has 3 rings (SSSR count). The first-order valence-electron chi connectivity index (χ1n) is 7.98. The highest BCUT2D eigenvalue weighted by molar-refractivity contribution is 5.96. The molecule has 126 valence electrons. The Morgan fingerprint density at radius 1 is 1.21 bits per heavy atom. The van der Waals surface area contributed by atoms with Crippen LogP contribution in [0.2, 0.25) is 0 Å². The molecule has 1 atom stereocenters. The van der Waals surface area contributed by atoms with Gasteiger partial charge in [-0.15, -0.1) is 0 Å². The van der Waals surface area contributed by atoms with Gasteiger partial charge in [-0.05, 0) is 37.1 Å². The molecule has 0 fully saturated rings. The summed E-state index contributed by atoms with van der Waals surface area (Å²) in [6.45, 7) is 2.44. The topological polar surface area (TPSA) is 50.8 Å². The number of anilines is 2. The number of ether oxygens (including phenoxy) is 2. The van der Waals surface area contributed by atoms with E-state index in [4.69, 9.17) is 9.47 Å². The molecule has 1 heterocycles. The zero-order chi connectivity index (χ0) is 17.1.